The van der Waals surface area contributed by atoms with Gasteiger partial charge in [-0.15, -0.1) is 11.8 Å². The van der Waals surface area contributed by atoms with Crippen LogP contribution in [0.2, 0.25) is 0 Å². The van der Waals surface area contributed by atoms with Gasteiger partial charge in [0.25, 0.3) is 0 Å². The van der Waals surface area contributed by atoms with E-state index in [-0.39, 0.29) is 55.2 Å². The molecule has 78 heavy (non-hydrogen) atoms. The largest absolute Gasteiger partial charge is 0.477 e. The van der Waals surface area contributed by atoms with Crippen molar-refractivity contribution in [1.29, 1.82) is 0 Å². The number of aromatic carboxylic acids is 1. The van der Waals surface area contributed by atoms with Crippen molar-refractivity contribution in [3.63, 3.8) is 0 Å². The third kappa shape index (κ3) is 13.7. The molecule has 19 atom stereocenters. The standard InChI is InChI=1S/C57H89N3O17S/c1-16-41-57(11,69)49(65)32(5)45(62)29(2)26-55(9,70-14)50(77-54-47(64)40(59(12)13)23-31(4)72-54)33(6)48(34(7)53(68)74-41)76-43-27-56(10,71-15)51(35(8)73-43)75-42(61)19-20-58-21-22-78-37-24-36-18-17-30(3)60-28-39(52(66)67)46(63)38(25-37)44(36)60/h24-25,28-35,40-41,43,47-51,54,58,64-65,69H,16-23,26-27H2,1-15H3,(H,66,67)/t29?,30?,31-,32?,33?,34-,35+,40+,41?,43?,47?,48+,49?,50-,51?,54+,55-,56?,57?/m1/s1. The van der Waals surface area contributed by atoms with Crippen LogP contribution in [-0.2, 0) is 58.7 Å². The number of cyclic esters (lactones) is 1. The van der Waals surface area contributed by atoms with E-state index in [1.807, 2.05) is 44.3 Å². The van der Waals surface area contributed by atoms with Gasteiger partial charge in [-0.2, -0.15) is 0 Å². The number of pyridine rings is 1. The summed E-state index contributed by atoms with van der Waals surface area (Å²) in [6.45, 7) is 19.9. The quantitative estimate of drug-likeness (QED) is 0.0766. The van der Waals surface area contributed by atoms with Gasteiger partial charge in [0.05, 0.1) is 54.0 Å². The van der Waals surface area contributed by atoms with E-state index >= 15 is 0 Å². The molecule has 3 saturated heterocycles. The fraction of sp³-hybridized carbons (Fsp3) is 0.772. The second-order valence-corrected chi connectivity index (χ2v) is 24.6. The van der Waals surface area contributed by atoms with Crippen molar-refractivity contribution in [2.45, 2.75) is 216 Å². The van der Waals surface area contributed by atoms with Crippen LogP contribution in [0.1, 0.15) is 137 Å². The molecule has 1 aromatic heterocycles. The van der Waals surface area contributed by atoms with Crippen LogP contribution in [0.3, 0.4) is 0 Å². The van der Waals surface area contributed by atoms with Gasteiger partial charge in [-0.05, 0) is 112 Å². The van der Waals surface area contributed by atoms with E-state index in [4.69, 9.17) is 37.9 Å². The summed E-state index contributed by atoms with van der Waals surface area (Å²) in [5.74, 6) is -5.97. The van der Waals surface area contributed by atoms with Crippen molar-refractivity contribution < 1.29 is 77.5 Å². The zero-order chi connectivity index (χ0) is 57.9. The number of aryl methyl sites for hydroxylation is 1. The van der Waals surface area contributed by atoms with E-state index < -0.39 is 119 Å². The molecule has 440 valence electrons. The van der Waals surface area contributed by atoms with Crippen LogP contribution in [0, 0.1) is 23.7 Å². The Morgan fingerprint density at radius 1 is 0.910 bits per heavy atom. The summed E-state index contributed by atoms with van der Waals surface area (Å²) in [6.07, 6.45) is -6.51. The highest BCUT2D eigenvalue weighted by Gasteiger charge is 2.55. The number of carboxylic acids is 1. The summed E-state index contributed by atoms with van der Waals surface area (Å²) in [7, 11) is 6.73. The lowest BCUT2D eigenvalue weighted by atomic mass is 9.74. The molecule has 0 spiro atoms. The number of rotatable bonds is 17. The first kappa shape index (κ1) is 63.6. The zero-order valence-corrected chi connectivity index (χ0v) is 49.3. The fourth-order valence-corrected chi connectivity index (χ4v) is 13.3. The second kappa shape index (κ2) is 26.1. The Morgan fingerprint density at radius 2 is 1.58 bits per heavy atom. The molecule has 0 bridgehead atoms. The van der Waals surface area contributed by atoms with Gasteiger partial charge in [-0.3, -0.25) is 19.2 Å². The number of Topliss-reactive ketones (excluding diaryl/α,β-unsaturated/α-hetero) is 1. The summed E-state index contributed by atoms with van der Waals surface area (Å²) in [5.41, 5.74) is -3.47. The molecule has 5 N–H and O–H groups in total. The minimum Gasteiger partial charge on any atom is -0.477 e. The number of methoxy groups -OCH3 is 2. The SMILES string of the molecule is CCC1OC(=O)[C@H](C)[C@@H](OC2CC(C)(OC)C(OC(=O)CCNCCSc3cc4c5c(c3)c(=O)c(C(=O)O)cn5C(C)CC4)[C@H](C)O2)C(C)[C@@H](O[C@@H]2O[C@H](C)C[C@H](N(C)C)C2O)[C@](C)(OC)CC(C)C(=O)C(C)C(O)C1(C)O. The predicted octanol–water partition coefficient (Wildman–Crippen LogP) is 5.28. The van der Waals surface area contributed by atoms with Gasteiger partial charge >= 0.3 is 17.9 Å². The Hall–Kier alpha value is -3.58. The molecule has 1 aromatic carbocycles. The maximum atomic E-state index is 14.6. The number of esters is 2. The Labute approximate surface area is 463 Å². The summed E-state index contributed by atoms with van der Waals surface area (Å²) in [5, 5.41) is 48.7. The van der Waals surface area contributed by atoms with Gasteiger partial charge in [0, 0.05) is 85.8 Å². The number of benzene rings is 1. The first-order chi connectivity index (χ1) is 36.5. The molecule has 5 heterocycles. The smallest absolute Gasteiger partial charge is 0.341 e. The van der Waals surface area contributed by atoms with E-state index in [9.17, 15) is 44.4 Å². The Kier molecular flexibility index (Phi) is 21.3. The van der Waals surface area contributed by atoms with E-state index in [1.165, 1.54) is 39.1 Å². The maximum Gasteiger partial charge on any atom is 0.341 e. The molecule has 0 saturated carbocycles. The molecule has 4 aliphatic heterocycles. The molecule has 20 nitrogen and oxygen atoms in total. The predicted molar refractivity (Wildman–Crippen MR) is 291 cm³/mol. The minimum atomic E-state index is -2.03. The van der Waals surface area contributed by atoms with Gasteiger partial charge in [-0.1, -0.05) is 27.7 Å². The number of carbonyl (C=O) groups is 4. The number of nitrogens with one attached hydrogen (secondary N) is 1. The number of carboxylic acid groups (broad SMARTS) is 1. The number of nitrogens with zero attached hydrogens (tertiary/aromatic N) is 2. The molecule has 3 fully saturated rings. The molecule has 6 rings (SSSR count). The van der Waals surface area contributed by atoms with Crippen LogP contribution in [0.4, 0.5) is 0 Å². The van der Waals surface area contributed by atoms with Crippen molar-refractivity contribution in [1.82, 2.24) is 14.8 Å². The number of hydrogen-bond donors (Lipinski definition) is 5. The van der Waals surface area contributed by atoms with Gasteiger partial charge in [-0.25, -0.2) is 4.79 Å². The lowest BCUT2D eigenvalue weighted by molar-refractivity contribution is -0.320. The van der Waals surface area contributed by atoms with Gasteiger partial charge < -0.3 is 73.1 Å². The number of aliphatic hydroxyl groups is 3. The summed E-state index contributed by atoms with van der Waals surface area (Å²) in [4.78, 5) is 70.3. The maximum absolute atomic E-state index is 14.6. The molecule has 0 amide bonds. The molecule has 2 aromatic rings. The topological polar surface area (TPSA) is 260 Å². The molecule has 21 heteroatoms. The normalized spacial score (nSPS) is 38.2. The molecular weight excluding hydrogens is 1030 g/mol. The highest BCUT2D eigenvalue weighted by Crippen LogP contribution is 2.43. The summed E-state index contributed by atoms with van der Waals surface area (Å²) >= 11 is 1.53. The van der Waals surface area contributed by atoms with Crippen LogP contribution < -0.4 is 10.7 Å². The number of thioether (sulfide) groups is 1. The van der Waals surface area contributed by atoms with Gasteiger partial charge in [0.2, 0.25) is 5.43 Å². The van der Waals surface area contributed by atoms with Crippen molar-refractivity contribution in [2.24, 2.45) is 23.7 Å². The Bertz CT molecular complexity index is 2490. The van der Waals surface area contributed by atoms with Crippen LogP contribution in [0.15, 0.2) is 28.0 Å². The molecule has 11 unspecified atom stereocenters. The summed E-state index contributed by atoms with van der Waals surface area (Å²) in [6, 6.07) is 3.57. The molecular formula is C57H89N3O17S. The fourth-order valence-electron chi connectivity index (χ4n) is 12.4. The number of hydrogen-bond acceptors (Lipinski definition) is 19. The van der Waals surface area contributed by atoms with E-state index in [0.717, 1.165) is 28.8 Å². The Balaban J connectivity index is 1.19. The number of ketones is 1. The highest BCUT2D eigenvalue weighted by atomic mass is 32.2. The van der Waals surface area contributed by atoms with Gasteiger partial charge in [0.15, 0.2) is 18.7 Å². The zero-order valence-electron chi connectivity index (χ0n) is 48.4. The lowest BCUT2D eigenvalue weighted by Crippen LogP contribution is -2.61. The molecule has 0 radical (unpaired) electrons. The van der Waals surface area contributed by atoms with E-state index in [2.05, 4.69) is 11.4 Å². The third-order valence-corrected chi connectivity index (χ3v) is 18.2. The van der Waals surface area contributed by atoms with E-state index in [1.54, 1.807) is 54.5 Å². The van der Waals surface area contributed by atoms with Crippen molar-refractivity contribution >= 4 is 46.4 Å². The number of ether oxygens (including phenoxy) is 8. The molecule has 4 aliphatic rings. The number of likely N-dealkylation sites (N-methyl/N-ethyl adjacent to an activating group) is 1. The Morgan fingerprint density at radius 3 is 2.21 bits per heavy atom. The first-order valence-corrected chi connectivity index (χ1v) is 28.7. The van der Waals surface area contributed by atoms with Crippen LogP contribution in [0.5, 0.6) is 0 Å². The minimum absolute atomic E-state index is 0.0293. The van der Waals surface area contributed by atoms with E-state index in [0.29, 0.717) is 30.6 Å². The van der Waals surface area contributed by atoms with Crippen molar-refractivity contribution in [3.05, 3.63) is 39.7 Å². The third-order valence-electron chi connectivity index (χ3n) is 17.3. The number of aliphatic hydroxyl groups excluding tert-OH is 2. The number of aromatic nitrogens is 1. The summed E-state index contributed by atoms with van der Waals surface area (Å²) < 4.78 is 53.3. The van der Waals surface area contributed by atoms with Crippen LogP contribution >= 0.6 is 11.8 Å². The van der Waals surface area contributed by atoms with Crippen molar-refractivity contribution in [2.75, 3.05) is 47.2 Å². The van der Waals surface area contributed by atoms with Crippen molar-refractivity contribution in [3.8, 4) is 0 Å². The average Bonchev–Trinajstić information content (AvgIpc) is 3.49. The average molecular weight is 1120 g/mol. The monoisotopic (exact) mass is 1120 g/mol. The number of carbonyl (C=O) groups excluding carboxylic acids is 3. The second-order valence-electron chi connectivity index (χ2n) is 23.4. The highest BCUT2D eigenvalue weighted by molar-refractivity contribution is 7.99. The van der Waals surface area contributed by atoms with Gasteiger partial charge in [0.1, 0.15) is 34.8 Å². The molecule has 0 aliphatic carbocycles. The van der Waals surface area contributed by atoms with Crippen LogP contribution in [-0.4, -0.2) is 185 Å². The van der Waals surface area contributed by atoms with Crippen LogP contribution in [0.25, 0.3) is 10.9 Å². The lowest BCUT2D eigenvalue weighted by Gasteiger charge is -2.50. The first-order valence-electron chi connectivity index (χ1n) is 27.7.